The van der Waals surface area contributed by atoms with Gasteiger partial charge in [-0.25, -0.2) is 8.78 Å². The first-order valence-corrected chi connectivity index (χ1v) is 17.6. The molecule has 1 saturated carbocycles. The maximum Gasteiger partial charge on any atom is 0.193 e. The molecule has 4 atom stereocenters. The third-order valence-corrected chi connectivity index (χ3v) is 11.9. The molecule has 7 rings (SSSR count). The van der Waals surface area contributed by atoms with Crippen LogP contribution in [-0.2, 0) is 12.0 Å². The summed E-state index contributed by atoms with van der Waals surface area (Å²) < 4.78 is 28.2. The highest BCUT2D eigenvalue weighted by Gasteiger charge is 2.57. The number of likely N-dealkylation sites (tertiary alicyclic amines) is 1. The molecule has 0 spiro atoms. The van der Waals surface area contributed by atoms with Crippen molar-refractivity contribution in [2.75, 3.05) is 19.6 Å². The number of allylic oxidation sites excluding steroid dienone is 2. The number of piperidine rings is 1. The number of nitrogens with zero attached hydrogens (tertiary/aromatic N) is 1. The maximum absolute atomic E-state index is 14.3. The van der Waals surface area contributed by atoms with Gasteiger partial charge in [-0.05, 0) is 124 Å². The number of aliphatic hydroxyl groups excluding tert-OH is 1. The minimum absolute atomic E-state index is 0.0592. The van der Waals surface area contributed by atoms with Gasteiger partial charge in [-0.2, -0.15) is 0 Å². The largest absolute Gasteiger partial charge is 0.393 e. The number of hydrogen-bond acceptors (Lipinski definition) is 5. The van der Waals surface area contributed by atoms with Gasteiger partial charge in [-0.3, -0.25) is 4.79 Å². The molecule has 1 saturated heterocycles. The van der Waals surface area contributed by atoms with Gasteiger partial charge >= 0.3 is 0 Å². The highest BCUT2D eigenvalue weighted by Crippen LogP contribution is 2.59. The van der Waals surface area contributed by atoms with Gasteiger partial charge in [-0.15, -0.1) is 0 Å². The van der Waals surface area contributed by atoms with E-state index in [0.29, 0.717) is 75.2 Å². The Labute approximate surface area is 287 Å². The van der Waals surface area contributed by atoms with Gasteiger partial charge in [0.25, 0.3) is 0 Å². The van der Waals surface area contributed by atoms with Crippen molar-refractivity contribution in [2.45, 2.75) is 94.9 Å². The smallest absolute Gasteiger partial charge is 0.193 e. The van der Waals surface area contributed by atoms with Crippen LogP contribution >= 0.6 is 11.6 Å². The van der Waals surface area contributed by atoms with Gasteiger partial charge in [0.1, 0.15) is 0 Å². The van der Waals surface area contributed by atoms with Crippen molar-refractivity contribution < 1.29 is 28.9 Å². The first kappa shape index (κ1) is 34.9. The summed E-state index contributed by atoms with van der Waals surface area (Å²) in [4.78, 5) is 16.3. The molecule has 256 valence electrons. The molecular weight excluding hydrogens is 632 g/mol. The van der Waals surface area contributed by atoms with E-state index < -0.39 is 40.1 Å². The van der Waals surface area contributed by atoms with Crippen LogP contribution in [0.4, 0.5) is 8.78 Å². The molecular formula is C40H46ClF2NO4. The second kappa shape index (κ2) is 13.8. The average Bonchev–Trinajstić information content (AvgIpc) is 3.31. The molecule has 8 heteroatoms. The molecule has 3 aliphatic carbocycles. The lowest BCUT2D eigenvalue weighted by Gasteiger charge is -2.48. The topological polar surface area (TPSA) is 81.0 Å². The number of benzene rings is 3. The second-order valence-electron chi connectivity index (χ2n) is 14.7. The lowest BCUT2D eigenvalue weighted by molar-refractivity contribution is -0.101. The number of ketones is 1. The number of aliphatic hydroxyl groups is 3. The first-order chi connectivity index (χ1) is 22.8. The lowest BCUT2D eigenvalue weighted by atomic mass is 9.64. The fourth-order valence-corrected chi connectivity index (χ4v) is 8.62. The molecule has 3 aromatic rings. The molecule has 4 aliphatic rings. The molecule has 0 unspecified atom stereocenters. The standard InChI is InChI=1S/C40H46ClF2NO4/c1-26-4-3-16-38(2)34(15-17-40(38,48)25-44-20-18-39(47,19-21-44)29-8-10-30(41)11-9-29)32-13-6-27(22-31(45)12-5-26)23-33(32)37(46)28-7-14-35(42)36(43)24-28/h4,6-11,13-14,23-24,31,34,45,47-48H,3,5,12,15-22,25H2,1-2H3/t31-,34-,38-,40+/m0/s1. The lowest BCUT2D eigenvalue weighted by Crippen LogP contribution is -2.55. The van der Waals surface area contributed by atoms with Crippen LogP contribution in [0.1, 0.15) is 104 Å². The van der Waals surface area contributed by atoms with Crippen molar-refractivity contribution >= 4 is 17.4 Å². The third kappa shape index (κ3) is 6.90. The quantitative estimate of drug-likeness (QED) is 0.189. The summed E-state index contributed by atoms with van der Waals surface area (Å²) in [5.74, 6) is -2.68. The van der Waals surface area contributed by atoms with Gasteiger partial charge in [0.05, 0.1) is 17.3 Å². The number of carbonyl (C=O) groups is 1. The van der Waals surface area contributed by atoms with Crippen molar-refractivity contribution in [3.8, 4) is 0 Å². The van der Waals surface area contributed by atoms with Gasteiger partial charge in [0.15, 0.2) is 17.4 Å². The average molecular weight is 678 g/mol. The van der Waals surface area contributed by atoms with Gasteiger partial charge < -0.3 is 20.2 Å². The Balaban J connectivity index is 1.34. The van der Waals surface area contributed by atoms with Crippen LogP contribution in [0.5, 0.6) is 0 Å². The Morgan fingerprint density at radius 1 is 0.938 bits per heavy atom. The summed E-state index contributed by atoms with van der Waals surface area (Å²) in [6, 6.07) is 16.3. The highest BCUT2D eigenvalue weighted by atomic mass is 35.5. The van der Waals surface area contributed by atoms with E-state index in [0.717, 1.165) is 41.7 Å². The fourth-order valence-electron chi connectivity index (χ4n) is 8.49. The van der Waals surface area contributed by atoms with E-state index in [1.165, 1.54) is 11.6 Å². The van der Waals surface area contributed by atoms with Crippen LogP contribution in [0.25, 0.3) is 0 Å². The number of rotatable bonds is 5. The molecule has 2 fully saturated rings. The van der Waals surface area contributed by atoms with Crippen molar-refractivity contribution in [2.24, 2.45) is 5.41 Å². The van der Waals surface area contributed by atoms with E-state index >= 15 is 0 Å². The zero-order valence-electron chi connectivity index (χ0n) is 27.8. The van der Waals surface area contributed by atoms with Crippen LogP contribution in [0.15, 0.2) is 72.3 Å². The van der Waals surface area contributed by atoms with E-state index in [1.807, 2.05) is 24.3 Å². The Bertz CT molecular complexity index is 1680. The highest BCUT2D eigenvalue weighted by molar-refractivity contribution is 6.30. The zero-order chi connectivity index (χ0) is 34.3. The van der Waals surface area contributed by atoms with Crippen LogP contribution in [0.2, 0.25) is 5.02 Å². The molecule has 1 aliphatic heterocycles. The van der Waals surface area contributed by atoms with Crippen molar-refractivity contribution in [1.29, 1.82) is 0 Å². The van der Waals surface area contributed by atoms with E-state index in [2.05, 4.69) is 24.8 Å². The van der Waals surface area contributed by atoms with Crippen LogP contribution in [0.3, 0.4) is 0 Å². The molecule has 0 aromatic heterocycles. The van der Waals surface area contributed by atoms with E-state index in [9.17, 15) is 28.9 Å². The van der Waals surface area contributed by atoms with E-state index in [1.54, 1.807) is 18.2 Å². The molecule has 0 radical (unpaired) electrons. The predicted octanol–water partition coefficient (Wildman–Crippen LogP) is 7.87. The van der Waals surface area contributed by atoms with E-state index in [4.69, 9.17) is 11.6 Å². The molecule has 48 heavy (non-hydrogen) atoms. The molecule has 2 bridgehead atoms. The van der Waals surface area contributed by atoms with Crippen LogP contribution in [-0.4, -0.2) is 57.3 Å². The number of halogens is 3. The second-order valence-corrected chi connectivity index (χ2v) is 15.2. The first-order valence-electron chi connectivity index (χ1n) is 17.2. The Morgan fingerprint density at radius 2 is 1.67 bits per heavy atom. The van der Waals surface area contributed by atoms with Crippen molar-refractivity contribution in [3.05, 3.63) is 117 Å². The SMILES string of the molecule is CC1=CCC[C@@]2(C)[C@@H](CC[C@@]2(O)CN2CCC(O)(c3ccc(Cl)cc3)CC2)c2ccc(cc2C(=O)c2ccc(F)c(F)c2)C[C@@H](O)CC1. The Kier molecular flexibility index (Phi) is 10.0. The van der Waals surface area contributed by atoms with Gasteiger partial charge in [0, 0.05) is 41.2 Å². The molecule has 0 amide bonds. The molecule has 1 heterocycles. The molecule has 3 N–H and O–H groups in total. The Hall–Kier alpha value is -2.94. The summed E-state index contributed by atoms with van der Waals surface area (Å²) in [5, 5.41) is 35.7. The maximum atomic E-state index is 14.3. The summed E-state index contributed by atoms with van der Waals surface area (Å²) >= 11 is 6.09. The van der Waals surface area contributed by atoms with Gasteiger partial charge in [-0.1, -0.05) is 54.4 Å². The fraction of sp³-hybridized carbons (Fsp3) is 0.475. The zero-order valence-corrected chi connectivity index (χ0v) is 28.6. The van der Waals surface area contributed by atoms with E-state index in [-0.39, 0.29) is 11.5 Å². The third-order valence-electron chi connectivity index (χ3n) is 11.6. The summed E-state index contributed by atoms with van der Waals surface area (Å²) in [6.45, 7) is 5.91. The summed E-state index contributed by atoms with van der Waals surface area (Å²) in [5.41, 5.74) is 1.44. The summed E-state index contributed by atoms with van der Waals surface area (Å²) in [7, 11) is 0. The minimum atomic E-state index is -1.08. The van der Waals surface area contributed by atoms with Crippen LogP contribution in [0, 0.1) is 17.0 Å². The Morgan fingerprint density at radius 3 is 2.38 bits per heavy atom. The van der Waals surface area contributed by atoms with Crippen LogP contribution < -0.4 is 0 Å². The van der Waals surface area contributed by atoms with Gasteiger partial charge in [0.2, 0.25) is 0 Å². The predicted molar refractivity (Wildman–Crippen MR) is 184 cm³/mol. The molecule has 5 nitrogen and oxygen atoms in total. The molecule has 3 aromatic carbocycles. The monoisotopic (exact) mass is 677 g/mol. The number of carbonyl (C=O) groups excluding carboxylic acids is 1. The number of β-amino-alcohol motifs (C(OH)–C–C–N with tert-alkyl or cyclic N) is 1. The summed E-state index contributed by atoms with van der Waals surface area (Å²) in [6.07, 6.45) is 6.99. The number of fused-ring (bicyclic) bond motifs is 8. The normalized spacial score (nSPS) is 28.0. The number of hydrogen-bond donors (Lipinski definition) is 3. The van der Waals surface area contributed by atoms with Crippen molar-refractivity contribution in [1.82, 2.24) is 4.90 Å². The van der Waals surface area contributed by atoms with Crippen molar-refractivity contribution in [3.63, 3.8) is 0 Å². The minimum Gasteiger partial charge on any atom is -0.393 e.